The van der Waals surface area contributed by atoms with Gasteiger partial charge in [-0.1, -0.05) is 28.1 Å². The number of aryl methyl sites for hydroxylation is 1. The fraction of sp³-hybridized carbons (Fsp3) is 0.346. The topological polar surface area (TPSA) is 101 Å². The molecule has 7 rings (SSSR count). The van der Waals surface area contributed by atoms with Crippen molar-refractivity contribution in [2.45, 2.75) is 13.3 Å². The molecule has 9 heteroatoms. The van der Waals surface area contributed by atoms with Crippen LogP contribution in [0.15, 0.2) is 59.1 Å². The number of hydrogen-bond donors (Lipinski definition) is 0. The van der Waals surface area contributed by atoms with Gasteiger partial charge in [0.1, 0.15) is 6.67 Å². The number of rotatable bonds is 5. The molecule has 2 aromatic rings. The number of hydrogen-bond acceptors (Lipinski definition) is 5. The molecule has 2 bridgehead atoms. The minimum absolute atomic E-state index is 0.102. The minimum atomic E-state index is -0.527. The number of carbonyl (C=O) groups is 3. The van der Waals surface area contributed by atoms with E-state index in [-0.39, 0.29) is 53.4 Å². The molecule has 6 unspecified atom stereocenters. The SMILES string of the molecule is Cc1cc(Br)ccc1N(CN1C(=O)C2C3C=CC(C4CC34)C2C1=O)C(=O)c1ccc([N+](=O)[O-])cc1. The number of nitro benzene ring substituents is 1. The molecule has 0 N–H and O–H groups in total. The van der Waals surface area contributed by atoms with E-state index in [4.69, 9.17) is 0 Å². The smallest absolute Gasteiger partial charge is 0.269 e. The monoisotopic (exact) mass is 535 g/mol. The molecule has 0 radical (unpaired) electrons. The first-order valence-corrected chi connectivity index (χ1v) is 12.4. The summed E-state index contributed by atoms with van der Waals surface area (Å²) in [7, 11) is 0. The highest BCUT2D eigenvalue weighted by Crippen LogP contribution is 2.65. The van der Waals surface area contributed by atoms with Crippen LogP contribution < -0.4 is 4.90 Å². The van der Waals surface area contributed by atoms with Gasteiger partial charge in [0.15, 0.2) is 0 Å². The van der Waals surface area contributed by atoms with Crippen LogP contribution in [-0.4, -0.2) is 34.2 Å². The summed E-state index contributed by atoms with van der Waals surface area (Å²) in [5.41, 5.74) is 1.46. The van der Waals surface area contributed by atoms with Gasteiger partial charge in [0.25, 0.3) is 11.6 Å². The van der Waals surface area contributed by atoms with Gasteiger partial charge in [-0.05, 0) is 72.9 Å². The second kappa shape index (κ2) is 7.84. The van der Waals surface area contributed by atoms with Crippen LogP contribution in [0, 0.1) is 52.5 Å². The highest BCUT2D eigenvalue weighted by atomic mass is 79.9. The summed E-state index contributed by atoms with van der Waals surface area (Å²) in [6, 6.07) is 10.8. The average Bonchev–Trinajstić information content (AvgIpc) is 3.63. The van der Waals surface area contributed by atoms with E-state index in [0.717, 1.165) is 16.5 Å². The lowest BCUT2D eigenvalue weighted by Crippen LogP contribution is -2.45. The first-order chi connectivity index (χ1) is 16.8. The third-order valence-electron chi connectivity index (χ3n) is 8.06. The molecule has 0 spiro atoms. The second-order valence-electron chi connectivity index (χ2n) is 9.87. The molecular weight excluding hydrogens is 514 g/mol. The predicted octanol–water partition coefficient (Wildman–Crippen LogP) is 4.32. The van der Waals surface area contributed by atoms with Crippen LogP contribution in [0.3, 0.4) is 0 Å². The van der Waals surface area contributed by atoms with Crippen molar-refractivity contribution in [3.05, 3.63) is 80.3 Å². The Morgan fingerprint density at radius 2 is 1.66 bits per heavy atom. The Hall–Kier alpha value is -3.33. The van der Waals surface area contributed by atoms with E-state index < -0.39 is 10.8 Å². The van der Waals surface area contributed by atoms with Crippen LogP contribution in [0.1, 0.15) is 22.3 Å². The summed E-state index contributed by atoms with van der Waals surface area (Å²) in [4.78, 5) is 53.9. The third kappa shape index (κ3) is 3.36. The molecular formula is C26H22BrN3O5. The third-order valence-corrected chi connectivity index (χ3v) is 8.55. The number of halogens is 1. The first-order valence-electron chi connectivity index (χ1n) is 11.6. The number of carbonyl (C=O) groups excluding carboxylic acids is 3. The molecule has 4 aliphatic carbocycles. The maximum atomic E-state index is 13.7. The fourth-order valence-corrected chi connectivity index (χ4v) is 6.83. The number of amides is 3. The van der Waals surface area contributed by atoms with Gasteiger partial charge in [0.2, 0.25) is 11.8 Å². The number of likely N-dealkylation sites (tertiary alicyclic amines) is 1. The van der Waals surface area contributed by atoms with Gasteiger partial charge in [-0.25, -0.2) is 0 Å². The molecule has 5 aliphatic rings. The summed E-state index contributed by atoms with van der Waals surface area (Å²) in [6.45, 7) is 1.65. The van der Waals surface area contributed by atoms with E-state index in [1.165, 1.54) is 34.1 Å². The van der Waals surface area contributed by atoms with Crippen molar-refractivity contribution >= 4 is 45.0 Å². The lowest BCUT2D eigenvalue weighted by Gasteiger charge is -2.37. The Morgan fingerprint density at radius 3 is 2.20 bits per heavy atom. The normalized spacial score (nSPS) is 29.7. The Kier molecular flexibility index (Phi) is 4.96. The Labute approximate surface area is 209 Å². The van der Waals surface area contributed by atoms with Crippen LogP contribution >= 0.6 is 15.9 Å². The predicted molar refractivity (Wildman–Crippen MR) is 130 cm³/mol. The summed E-state index contributed by atoms with van der Waals surface area (Å²) in [6.07, 6.45) is 5.32. The van der Waals surface area contributed by atoms with Crippen molar-refractivity contribution in [1.29, 1.82) is 0 Å². The quantitative estimate of drug-likeness (QED) is 0.245. The standard InChI is InChI=1S/C26H22BrN3O5/c1-13-10-15(27)4-9-21(13)28(24(31)14-2-5-16(6-3-14)30(34)35)12-29-25(32)22-17-7-8-18(20-11-19(17)20)23(22)26(29)33/h2-10,17-20,22-23H,11-12H2,1H3. The Balaban J connectivity index is 1.35. The minimum Gasteiger partial charge on any atom is -0.289 e. The van der Waals surface area contributed by atoms with Gasteiger partial charge < -0.3 is 0 Å². The molecule has 8 nitrogen and oxygen atoms in total. The van der Waals surface area contributed by atoms with E-state index in [0.29, 0.717) is 17.5 Å². The van der Waals surface area contributed by atoms with Crippen LogP contribution in [0.2, 0.25) is 0 Å². The van der Waals surface area contributed by atoms with Gasteiger partial charge in [0, 0.05) is 27.9 Å². The van der Waals surface area contributed by atoms with E-state index in [1.807, 2.05) is 13.0 Å². The summed E-state index contributed by atoms with van der Waals surface area (Å²) in [5.74, 6) is -0.350. The molecule has 0 aromatic heterocycles. The number of allylic oxidation sites excluding steroid dienone is 2. The average molecular weight is 536 g/mol. The van der Waals surface area contributed by atoms with Crippen LogP contribution in [0.25, 0.3) is 0 Å². The number of benzene rings is 2. The van der Waals surface area contributed by atoms with Gasteiger partial charge >= 0.3 is 0 Å². The molecule has 6 atom stereocenters. The highest BCUT2D eigenvalue weighted by molar-refractivity contribution is 9.10. The molecule has 178 valence electrons. The zero-order valence-electron chi connectivity index (χ0n) is 18.8. The molecule has 35 heavy (non-hydrogen) atoms. The Bertz CT molecular complexity index is 1290. The van der Waals surface area contributed by atoms with E-state index in [2.05, 4.69) is 28.1 Å². The summed E-state index contributed by atoms with van der Waals surface area (Å²) >= 11 is 3.43. The fourth-order valence-electron chi connectivity index (χ4n) is 6.35. The number of anilines is 1. The lowest BCUT2D eigenvalue weighted by atomic mass is 9.63. The maximum absolute atomic E-state index is 13.7. The molecule has 1 heterocycles. The van der Waals surface area contributed by atoms with Crippen molar-refractivity contribution in [3.63, 3.8) is 0 Å². The van der Waals surface area contributed by atoms with Crippen molar-refractivity contribution < 1.29 is 19.3 Å². The van der Waals surface area contributed by atoms with Crippen molar-refractivity contribution in [3.8, 4) is 0 Å². The van der Waals surface area contributed by atoms with Gasteiger partial charge in [-0.3, -0.25) is 34.3 Å². The summed E-state index contributed by atoms with van der Waals surface area (Å²) < 4.78 is 0.836. The van der Waals surface area contributed by atoms with Crippen LogP contribution in [-0.2, 0) is 9.59 Å². The van der Waals surface area contributed by atoms with Gasteiger partial charge in [-0.15, -0.1) is 0 Å². The van der Waals surface area contributed by atoms with Crippen LogP contribution in [0.5, 0.6) is 0 Å². The number of imide groups is 1. The first kappa shape index (κ1) is 22.2. The summed E-state index contributed by atoms with van der Waals surface area (Å²) in [5, 5.41) is 11.0. The van der Waals surface area contributed by atoms with Crippen molar-refractivity contribution in [2.75, 3.05) is 11.6 Å². The highest BCUT2D eigenvalue weighted by Gasteiger charge is 2.67. The molecule has 1 aliphatic heterocycles. The zero-order valence-corrected chi connectivity index (χ0v) is 20.4. The van der Waals surface area contributed by atoms with Gasteiger partial charge in [-0.2, -0.15) is 0 Å². The number of nitrogens with zero attached hydrogens (tertiary/aromatic N) is 3. The molecule has 1 saturated heterocycles. The lowest BCUT2D eigenvalue weighted by molar-refractivity contribution is -0.384. The van der Waals surface area contributed by atoms with Gasteiger partial charge in [0.05, 0.1) is 16.8 Å². The zero-order chi connectivity index (χ0) is 24.6. The Morgan fingerprint density at radius 1 is 1.06 bits per heavy atom. The molecule has 3 amide bonds. The largest absolute Gasteiger partial charge is 0.289 e. The molecule has 3 fully saturated rings. The van der Waals surface area contributed by atoms with E-state index in [9.17, 15) is 24.5 Å². The molecule has 2 saturated carbocycles. The maximum Gasteiger partial charge on any atom is 0.269 e. The number of non-ortho nitro benzene ring substituents is 1. The molecule has 2 aromatic carbocycles. The van der Waals surface area contributed by atoms with Crippen LogP contribution in [0.4, 0.5) is 11.4 Å². The van der Waals surface area contributed by atoms with E-state index in [1.54, 1.807) is 12.1 Å². The van der Waals surface area contributed by atoms with Crippen molar-refractivity contribution in [1.82, 2.24) is 4.90 Å². The van der Waals surface area contributed by atoms with E-state index >= 15 is 0 Å². The second-order valence-corrected chi connectivity index (χ2v) is 10.8. The number of nitro groups is 1. The van der Waals surface area contributed by atoms with Crippen molar-refractivity contribution in [2.24, 2.45) is 35.5 Å².